The minimum absolute atomic E-state index is 0.114. The molecule has 0 saturated carbocycles. The van der Waals surface area contributed by atoms with Crippen LogP contribution in [-0.2, 0) is 4.79 Å². The normalized spacial score (nSPS) is 11.9. The maximum Gasteiger partial charge on any atom is 0.273 e. The zero-order chi connectivity index (χ0) is 18.7. The maximum absolute atomic E-state index is 12.5. The van der Waals surface area contributed by atoms with Gasteiger partial charge in [0, 0.05) is 12.3 Å². The van der Waals surface area contributed by atoms with Crippen molar-refractivity contribution in [2.45, 2.75) is 17.3 Å². The summed E-state index contributed by atoms with van der Waals surface area (Å²) in [6, 6.07) is 9.55. The number of amides is 1. The summed E-state index contributed by atoms with van der Waals surface area (Å²) in [4.78, 5) is 22.8. The van der Waals surface area contributed by atoms with Gasteiger partial charge in [-0.15, -0.1) is 10.2 Å². The zero-order valence-corrected chi connectivity index (χ0v) is 14.8. The van der Waals surface area contributed by atoms with Gasteiger partial charge in [0.05, 0.1) is 29.0 Å². The third kappa shape index (κ3) is 3.59. The molecule has 134 valence electrons. The molecule has 0 aliphatic carbocycles. The fraction of sp³-hybridized carbons (Fsp3) is 0.188. The summed E-state index contributed by atoms with van der Waals surface area (Å²) in [7, 11) is 1.38. The number of pyridine rings is 1. The van der Waals surface area contributed by atoms with Crippen LogP contribution in [-0.4, -0.2) is 37.8 Å². The van der Waals surface area contributed by atoms with Crippen molar-refractivity contribution in [1.29, 1.82) is 0 Å². The number of methoxy groups -OCH3 is 1. The molecule has 0 radical (unpaired) electrons. The molecule has 1 aromatic carbocycles. The van der Waals surface area contributed by atoms with E-state index in [-0.39, 0.29) is 17.3 Å². The molecular weight excluding hydrogens is 358 g/mol. The number of anilines is 1. The average molecular weight is 373 g/mol. The number of hydrogen-bond acceptors (Lipinski definition) is 7. The second-order valence-corrected chi connectivity index (χ2v) is 6.61. The monoisotopic (exact) mass is 373 g/mol. The number of non-ortho nitro benzene ring substituents is 1. The summed E-state index contributed by atoms with van der Waals surface area (Å²) in [5.41, 5.74) is 0.943. The Bertz CT molecular complexity index is 974. The largest absolute Gasteiger partial charge is 0.494 e. The van der Waals surface area contributed by atoms with E-state index < -0.39 is 10.2 Å². The van der Waals surface area contributed by atoms with Gasteiger partial charge in [0.2, 0.25) is 5.91 Å². The second kappa shape index (κ2) is 7.40. The van der Waals surface area contributed by atoms with E-state index in [1.807, 2.05) is 24.4 Å². The van der Waals surface area contributed by atoms with Crippen LogP contribution in [0.5, 0.6) is 5.75 Å². The van der Waals surface area contributed by atoms with Gasteiger partial charge in [0.1, 0.15) is 5.75 Å². The summed E-state index contributed by atoms with van der Waals surface area (Å²) in [6.45, 7) is 1.74. The Morgan fingerprint density at radius 2 is 2.15 bits per heavy atom. The van der Waals surface area contributed by atoms with Crippen LogP contribution in [0, 0.1) is 10.1 Å². The first kappa shape index (κ1) is 17.7. The van der Waals surface area contributed by atoms with Crippen LogP contribution in [0.15, 0.2) is 47.8 Å². The van der Waals surface area contributed by atoms with E-state index >= 15 is 0 Å². The molecule has 1 amide bonds. The van der Waals surface area contributed by atoms with Crippen molar-refractivity contribution >= 4 is 34.7 Å². The van der Waals surface area contributed by atoms with E-state index in [0.717, 1.165) is 0 Å². The Labute approximate surface area is 152 Å². The fourth-order valence-corrected chi connectivity index (χ4v) is 3.08. The number of thioether (sulfide) groups is 1. The van der Waals surface area contributed by atoms with Crippen molar-refractivity contribution in [2.75, 3.05) is 12.4 Å². The lowest BCUT2D eigenvalue weighted by Crippen LogP contribution is -2.23. The lowest BCUT2D eigenvalue weighted by molar-refractivity contribution is -0.384. The lowest BCUT2D eigenvalue weighted by atomic mass is 10.2. The molecule has 0 aliphatic heterocycles. The van der Waals surface area contributed by atoms with Gasteiger partial charge in [-0.25, -0.2) is 0 Å². The van der Waals surface area contributed by atoms with E-state index in [0.29, 0.717) is 16.5 Å². The Morgan fingerprint density at radius 1 is 1.35 bits per heavy atom. The van der Waals surface area contributed by atoms with Crippen molar-refractivity contribution in [3.8, 4) is 5.75 Å². The van der Waals surface area contributed by atoms with E-state index in [1.54, 1.807) is 11.3 Å². The number of nitro benzene ring substituents is 1. The van der Waals surface area contributed by atoms with Crippen molar-refractivity contribution in [3.63, 3.8) is 0 Å². The number of nitro groups is 1. The number of hydrogen-bond donors (Lipinski definition) is 1. The van der Waals surface area contributed by atoms with E-state index in [4.69, 9.17) is 4.74 Å². The Morgan fingerprint density at radius 3 is 2.88 bits per heavy atom. The van der Waals surface area contributed by atoms with Gasteiger partial charge in [-0.1, -0.05) is 17.8 Å². The van der Waals surface area contributed by atoms with Crippen LogP contribution in [0.25, 0.3) is 5.65 Å². The van der Waals surface area contributed by atoms with Gasteiger partial charge >= 0.3 is 0 Å². The van der Waals surface area contributed by atoms with Crippen LogP contribution in [0.2, 0.25) is 0 Å². The Hall–Kier alpha value is -3.14. The highest BCUT2D eigenvalue weighted by Crippen LogP contribution is 2.30. The first-order chi connectivity index (χ1) is 12.5. The second-order valence-electron chi connectivity index (χ2n) is 5.30. The minimum atomic E-state index is -0.525. The SMILES string of the molecule is COc1cc([N+](=O)[O-])ccc1NC(=O)[C@@H](C)Sc1nnc2ccccn12. The van der Waals surface area contributed by atoms with Crippen LogP contribution in [0.4, 0.5) is 11.4 Å². The molecule has 10 heteroatoms. The smallest absolute Gasteiger partial charge is 0.273 e. The van der Waals surface area contributed by atoms with E-state index in [2.05, 4.69) is 15.5 Å². The summed E-state index contributed by atoms with van der Waals surface area (Å²) < 4.78 is 6.92. The quantitative estimate of drug-likeness (QED) is 0.402. The molecule has 1 atom stereocenters. The molecule has 2 aromatic heterocycles. The first-order valence-electron chi connectivity index (χ1n) is 7.59. The van der Waals surface area contributed by atoms with Gasteiger partial charge in [-0.2, -0.15) is 0 Å². The Kier molecular flexibility index (Phi) is 5.03. The molecule has 9 nitrogen and oxygen atoms in total. The molecule has 0 fully saturated rings. The van der Waals surface area contributed by atoms with Gasteiger partial charge in [-0.05, 0) is 25.1 Å². The summed E-state index contributed by atoms with van der Waals surface area (Å²) >= 11 is 1.26. The molecule has 26 heavy (non-hydrogen) atoms. The zero-order valence-electron chi connectivity index (χ0n) is 13.9. The number of rotatable bonds is 6. The third-order valence-electron chi connectivity index (χ3n) is 3.59. The number of aromatic nitrogens is 3. The molecule has 0 bridgehead atoms. The van der Waals surface area contributed by atoms with E-state index in [9.17, 15) is 14.9 Å². The van der Waals surface area contributed by atoms with Crippen molar-refractivity contribution in [3.05, 3.63) is 52.7 Å². The molecular formula is C16H15N5O4S. The van der Waals surface area contributed by atoms with Crippen LogP contribution in [0.1, 0.15) is 6.92 Å². The fourth-order valence-electron chi connectivity index (χ4n) is 2.24. The summed E-state index contributed by atoms with van der Waals surface area (Å²) in [5.74, 6) is -0.0625. The summed E-state index contributed by atoms with van der Waals surface area (Å²) in [6.07, 6.45) is 1.82. The van der Waals surface area contributed by atoms with Gasteiger partial charge in [0.25, 0.3) is 5.69 Å². The number of carbonyl (C=O) groups excluding carboxylic acids is 1. The number of benzene rings is 1. The summed E-state index contributed by atoms with van der Waals surface area (Å²) in [5, 5.41) is 21.8. The molecule has 3 aromatic rings. The lowest BCUT2D eigenvalue weighted by Gasteiger charge is -2.13. The molecule has 2 heterocycles. The number of nitrogens with zero attached hydrogens (tertiary/aromatic N) is 4. The number of fused-ring (bicyclic) bond motifs is 1. The molecule has 0 unspecified atom stereocenters. The highest BCUT2D eigenvalue weighted by Gasteiger charge is 2.20. The van der Waals surface area contributed by atoms with Crippen LogP contribution in [0.3, 0.4) is 0 Å². The van der Waals surface area contributed by atoms with Crippen molar-refractivity contribution < 1.29 is 14.5 Å². The minimum Gasteiger partial charge on any atom is -0.494 e. The van der Waals surface area contributed by atoms with Crippen LogP contribution < -0.4 is 10.1 Å². The average Bonchev–Trinajstić information content (AvgIpc) is 3.04. The standard InChI is InChI=1S/C16H15N5O4S/c1-10(26-16-19-18-14-5-3-4-8-20(14)16)15(22)17-12-7-6-11(21(23)24)9-13(12)25-2/h3-10H,1-2H3,(H,17,22)/t10-/m1/s1. The predicted molar refractivity (Wildman–Crippen MR) is 96.6 cm³/mol. The van der Waals surface area contributed by atoms with Gasteiger partial charge < -0.3 is 10.1 Å². The van der Waals surface area contributed by atoms with Gasteiger partial charge in [0.15, 0.2) is 10.8 Å². The molecule has 1 N–H and O–H groups in total. The Balaban J connectivity index is 1.74. The highest BCUT2D eigenvalue weighted by molar-refractivity contribution is 8.00. The molecule has 3 rings (SSSR count). The van der Waals surface area contributed by atoms with Crippen molar-refractivity contribution in [2.24, 2.45) is 0 Å². The third-order valence-corrected chi connectivity index (χ3v) is 4.64. The number of nitrogens with one attached hydrogen (secondary N) is 1. The predicted octanol–water partition coefficient (Wildman–Crippen LogP) is 2.77. The molecule has 0 aliphatic rings. The van der Waals surface area contributed by atoms with Gasteiger partial charge in [-0.3, -0.25) is 19.3 Å². The van der Waals surface area contributed by atoms with Crippen molar-refractivity contribution in [1.82, 2.24) is 14.6 Å². The number of ether oxygens (including phenoxy) is 1. The maximum atomic E-state index is 12.5. The number of carbonyl (C=O) groups is 1. The first-order valence-corrected chi connectivity index (χ1v) is 8.47. The highest BCUT2D eigenvalue weighted by atomic mass is 32.2. The molecule has 0 saturated heterocycles. The van der Waals surface area contributed by atoms with E-state index in [1.165, 1.54) is 37.1 Å². The molecule has 0 spiro atoms. The topological polar surface area (TPSA) is 112 Å². The van der Waals surface area contributed by atoms with Crippen LogP contribution >= 0.6 is 11.8 Å².